The molecule has 0 unspecified atom stereocenters. The van der Waals surface area contributed by atoms with Gasteiger partial charge in [0, 0.05) is 23.1 Å². The molecule has 3 N–H and O–H groups in total. The lowest BCUT2D eigenvalue weighted by molar-refractivity contribution is -0.114. The van der Waals surface area contributed by atoms with Gasteiger partial charge in [-0.3, -0.25) is 4.79 Å². The molecule has 5 heteroatoms. The highest BCUT2D eigenvalue weighted by Crippen LogP contribution is 2.25. The molecule has 4 nitrogen and oxygen atoms in total. The van der Waals surface area contributed by atoms with Crippen LogP contribution in [0.4, 0.5) is 11.5 Å². The zero-order valence-electron chi connectivity index (χ0n) is 10.8. The van der Waals surface area contributed by atoms with Gasteiger partial charge in [0.15, 0.2) is 0 Å². The fraction of sp³-hybridized carbons (Fsp3) is 0.143. The van der Waals surface area contributed by atoms with Crippen molar-refractivity contribution in [3.05, 3.63) is 36.4 Å². The number of nitrogens with two attached hydrogens (primary N) is 1. The molecule has 0 radical (unpaired) electrons. The summed E-state index contributed by atoms with van der Waals surface area (Å²) in [7, 11) is 0. The Labute approximate surface area is 116 Å². The van der Waals surface area contributed by atoms with Crippen molar-refractivity contribution < 1.29 is 4.79 Å². The highest BCUT2D eigenvalue weighted by Gasteiger charge is 2.04. The molecule has 19 heavy (non-hydrogen) atoms. The van der Waals surface area contributed by atoms with Crippen LogP contribution in [0.3, 0.4) is 0 Å². The summed E-state index contributed by atoms with van der Waals surface area (Å²) in [6, 6.07) is 11.4. The summed E-state index contributed by atoms with van der Waals surface area (Å²) >= 11 is 1.63. The van der Waals surface area contributed by atoms with Crippen molar-refractivity contribution in [3.63, 3.8) is 0 Å². The summed E-state index contributed by atoms with van der Waals surface area (Å²) in [5, 5.41) is 2.73. The van der Waals surface area contributed by atoms with Crippen molar-refractivity contribution in [2.45, 2.75) is 11.8 Å². The molecule has 0 saturated carbocycles. The van der Waals surface area contributed by atoms with E-state index in [1.807, 2.05) is 42.7 Å². The monoisotopic (exact) mass is 273 g/mol. The zero-order chi connectivity index (χ0) is 13.8. The van der Waals surface area contributed by atoms with Gasteiger partial charge in [0.05, 0.1) is 5.69 Å². The van der Waals surface area contributed by atoms with Gasteiger partial charge in [-0.1, -0.05) is 12.1 Å². The number of benzene rings is 1. The number of nitrogens with one attached hydrogen (secondary N) is 1. The van der Waals surface area contributed by atoms with Gasteiger partial charge in [-0.2, -0.15) is 0 Å². The summed E-state index contributed by atoms with van der Waals surface area (Å²) in [4.78, 5) is 16.4. The van der Waals surface area contributed by atoms with Gasteiger partial charge in [-0.25, -0.2) is 4.98 Å². The van der Waals surface area contributed by atoms with E-state index in [2.05, 4.69) is 10.3 Å². The van der Waals surface area contributed by atoms with Crippen LogP contribution in [0.1, 0.15) is 6.92 Å². The molecule has 2 rings (SSSR count). The zero-order valence-corrected chi connectivity index (χ0v) is 11.6. The number of carbonyl (C=O) groups excluding carboxylic acids is 1. The number of pyridine rings is 1. The molecule has 0 bridgehead atoms. The molecule has 0 aliphatic carbocycles. The molecule has 1 aromatic carbocycles. The molecular formula is C14H15N3OS. The number of rotatable bonds is 3. The standard InChI is InChI=1S/C14H15N3OS/c1-9(18)16-11-5-3-10(4-6-11)13-7-12(19-2)8-14(15)17-13/h3-8H,1-2H3,(H2,15,17)(H,16,18). The van der Waals surface area contributed by atoms with E-state index in [9.17, 15) is 4.79 Å². The molecule has 2 aromatic rings. The van der Waals surface area contributed by atoms with Crippen molar-refractivity contribution in [3.8, 4) is 11.3 Å². The van der Waals surface area contributed by atoms with E-state index < -0.39 is 0 Å². The minimum atomic E-state index is -0.0838. The Hall–Kier alpha value is -2.01. The number of nitrogen functional groups attached to an aromatic ring is 1. The SMILES string of the molecule is CSc1cc(N)nc(-c2ccc(NC(C)=O)cc2)c1. The van der Waals surface area contributed by atoms with Gasteiger partial charge in [0.1, 0.15) is 5.82 Å². The van der Waals surface area contributed by atoms with Crippen LogP contribution in [0.25, 0.3) is 11.3 Å². The lowest BCUT2D eigenvalue weighted by Gasteiger charge is -2.07. The molecule has 0 aliphatic rings. The molecule has 0 spiro atoms. The fourth-order valence-electron chi connectivity index (χ4n) is 1.72. The Bertz CT molecular complexity index is 596. The summed E-state index contributed by atoms with van der Waals surface area (Å²) in [5.74, 6) is 0.423. The number of nitrogens with zero attached hydrogens (tertiary/aromatic N) is 1. The number of hydrogen-bond acceptors (Lipinski definition) is 4. The molecule has 1 amide bonds. The number of hydrogen-bond donors (Lipinski definition) is 2. The Balaban J connectivity index is 2.31. The van der Waals surface area contributed by atoms with Crippen molar-refractivity contribution in [2.75, 3.05) is 17.3 Å². The van der Waals surface area contributed by atoms with E-state index in [0.29, 0.717) is 5.82 Å². The number of thioether (sulfide) groups is 1. The van der Waals surface area contributed by atoms with Crippen LogP contribution in [-0.2, 0) is 4.79 Å². The number of aromatic nitrogens is 1. The summed E-state index contributed by atoms with van der Waals surface area (Å²) in [6.45, 7) is 1.48. The highest BCUT2D eigenvalue weighted by molar-refractivity contribution is 7.98. The van der Waals surface area contributed by atoms with Crippen LogP contribution in [-0.4, -0.2) is 17.1 Å². The first-order valence-electron chi connectivity index (χ1n) is 5.78. The van der Waals surface area contributed by atoms with Crippen molar-refractivity contribution >= 4 is 29.2 Å². The van der Waals surface area contributed by atoms with Gasteiger partial charge in [0.2, 0.25) is 5.91 Å². The van der Waals surface area contributed by atoms with Crippen LogP contribution >= 0.6 is 11.8 Å². The highest BCUT2D eigenvalue weighted by atomic mass is 32.2. The Morgan fingerprint density at radius 3 is 2.53 bits per heavy atom. The van der Waals surface area contributed by atoms with Crippen molar-refractivity contribution in [2.24, 2.45) is 0 Å². The molecule has 1 heterocycles. The fourth-order valence-corrected chi connectivity index (χ4v) is 2.19. The Morgan fingerprint density at radius 1 is 1.26 bits per heavy atom. The normalized spacial score (nSPS) is 10.2. The first-order chi connectivity index (χ1) is 9.08. The molecule has 0 fully saturated rings. The van der Waals surface area contributed by atoms with Gasteiger partial charge >= 0.3 is 0 Å². The molecule has 98 valence electrons. The first-order valence-corrected chi connectivity index (χ1v) is 7.00. The van der Waals surface area contributed by atoms with Crippen molar-refractivity contribution in [1.29, 1.82) is 0 Å². The number of anilines is 2. The Morgan fingerprint density at radius 2 is 1.95 bits per heavy atom. The third-order valence-electron chi connectivity index (χ3n) is 2.56. The second-order valence-electron chi connectivity index (χ2n) is 4.08. The second kappa shape index (κ2) is 5.75. The van der Waals surface area contributed by atoms with E-state index in [1.165, 1.54) is 6.92 Å². The summed E-state index contributed by atoms with van der Waals surface area (Å²) in [5.41, 5.74) is 8.36. The first kappa shape index (κ1) is 13.4. The van der Waals surface area contributed by atoms with Gasteiger partial charge in [0.25, 0.3) is 0 Å². The van der Waals surface area contributed by atoms with E-state index >= 15 is 0 Å². The lowest BCUT2D eigenvalue weighted by Crippen LogP contribution is -2.05. The third kappa shape index (κ3) is 3.48. The number of amides is 1. The van der Waals surface area contributed by atoms with Crippen molar-refractivity contribution in [1.82, 2.24) is 4.98 Å². The maximum Gasteiger partial charge on any atom is 0.221 e. The predicted octanol–water partition coefficient (Wildman–Crippen LogP) is 3.01. The van der Waals surface area contributed by atoms with Gasteiger partial charge in [-0.05, 0) is 30.5 Å². The number of carbonyl (C=O) groups is 1. The predicted molar refractivity (Wildman–Crippen MR) is 80.2 cm³/mol. The Kier molecular flexibility index (Phi) is 4.06. The lowest BCUT2D eigenvalue weighted by atomic mass is 10.1. The van der Waals surface area contributed by atoms with Gasteiger partial charge in [-0.15, -0.1) is 11.8 Å². The maximum atomic E-state index is 11.0. The minimum absolute atomic E-state index is 0.0838. The smallest absolute Gasteiger partial charge is 0.221 e. The molecule has 1 aromatic heterocycles. The minimum Gasteiger partial charge on any atom is -0.384 e. The van der Waals surface area contributed by atoms with Crippen LogP contribution in [0, 0.1) is 0 Å². The van der Waals surface area contributed by atoms with E-state index in [0.717, 1.165) is 21.8 Å². The quantitative estimate of drug-likeness (QED) is 0.843. The largest absolute Gasteiger partial charge is 0.384 e. The maximum absolute atomic E-state index is 11.0. The van der Waals surface area contributed by atoms with Crippen LogP contribution in [0.5, 0.6) is 0 Å². The van der Waals surface area contributed by atoms with E-state index in [1.54, 1.807) is 11.8 Å². The third-order valence-corrected chi connectivity index (χ3v) is 3.26. The van der Waals surface area contributed by atoms with Crippen LogP contribution in [0.15, 0.2) is 41.3 Å². The molecule has 0 saturated heterocycles. The molecule has 0 atom stereocenters. The molecule has 0 aliphatic heterocycles. The summed E-state index contributed by atoms with van der Waals surface area (Å²) < 4.78 is 0. The van der Waals surface area contributed by atoms with E-state index in [4.69, 9.17) is 5.73 Å². The molecular weight excluding hydrogens is 258 g/mol. The van der Waals surface area contributed by atoms with Gasteiger partial charge < -0.3 is 11.1 Å². The average molecular weight is 273 g/mol. The van der Waals surface area contributed by atoms with Crippen LogP contribution < -0.4 is 11.1 Å². The van der Waals surface area contributed by atoms with Crippen LogP contribution in [0.2, 0.25) is 0 Å². The average Bonchev–Trinajstić information content (AvgIpc) is 2.38. The topological polar surface area (TPSA) is 68.0 Å². The summed E-state index contributed by atoms with van der Waals surface area (Å²) in [6.07, 6.45) is 2.00. The van der Waals surface area contributed by atoms with E-state index in [-0.39, 0.29) is 5.91 Å². The second-order valence-corrected chi connectivity index (χ2v) is 4.96.